The van der Waals surface area contributed by atoms with Gasteiger partial charge < -0.3 is 0 Å². The van der Waals surface area contributed by atoms with Crippen molar-refractivity contribution in [1.29, 1.82) is 0 Å². The number of hydrogen-bond donors (Lipinski definition) is 0. The molecule has 0 saturated heterocycles. The SMILES string of the molecule is O=[N+]([O-])c1cc(-c2ccccc2C(F)(F)F)cnc1-c1ccccc1C(F)(F)F. The fourth-order valence-electron chi connectivity index (χ4n) is 2.87. The molecule has 29 heavy (non-hydrogen) atoms. The molecule has 0 bridgehead atoms. The summed E-state index contributed by atoms with van der Waals surface area (Å²) in [4.78, 5) is 14.2. The lowest BCUT2D eigenvalue weighted by Crippen LogP contribution is -2.09. The Hall–Kier alpha value is -3.43. The normalized spacial score (nSPS) is 12.1. The molecule has 3 rings (SSSR count). The van der Waals surface area contributed by atoms with E-state index in [-0.39, 0.29) is 11.1 Å². The first kappa shape index (κ1) is 20.3. The molecule has 0 radical (unpaired) electrons. The second-order valence-corrected chi connectivity index (χ2v) is 5.94. The molecule has 0 N–H and O–H groups in total. The minimum Gasteiger partial charge on any atom is -0.258 e. The van der Waals surface area contributed by atoms with E-state index >= 15 is 0 Å². The maximum Gasteiger partial charge on any atom is 0.417 e. The molecule has 3 aromatic rings. The third-order valence-electron chi connectivity index (χ3n) is 4.10. The van der Waals surface area contributed by atoms with Crippen molar-refractivity contribution in [3.05, 3.63) is 82.0 Å². The summed E-state index contributed by atoms with van der Waals surface area (Å²) in [5.41, 5.74) is -4.75. The summed E-state index contributed by atoms with van der Waals surface area (Å²) >= 11 is 0. The highest BCUT2D eigenvalue weighted by atomic mass is 19.4. The van der Waals surface area contributed by atoms with Gasteiger partial charge in [0.1, 0.15) is 5.69 Å². The fraction of sp³-hybridized carbons (Fsp3) is 0.105. The minimum absolute atomic E-state index is 0.238. The van der Waals surface area contributed by atoms with Gasteiger partial charge in [-0.1, -0.05) is 36.4 Å². The highest BCUT2D eigenvalue weighted by Gasteiger charge is 2.36. The first-order valence-corrected chi connectivity index (χ1v) is 7.98. The van der Waals surface area contributed by atoms with Crippen molar-refractivity contribution < 1.29 is 31.3 Å². The standard InChI is InChI=1S/C19H10F6N2O2/c20-18(21,22)14-7-3-1-5-12(14)11-9-16(27(28)29)17(26-10-11)13-6-2-4-8-15(13)19(23,24)25/h1-10H. The zero-order valence-electron chi connectivity index (χ0n) is 14.3. The molecule has 0 aliphatic heterocycles. The zero-order valence-corrected chi connectivity index (χ0v) is 14.3. The number of nitrogens with zero attached hydrogens (tertiary/aromatic N) is 2. The quantitative estimate of drug-likeness (QED) is 0.286. The Labute approximate surface area is 159 Å². The summed E-state index contributed by atoms with van der Waals surface area (Å²) in [7, 11) is 0. The number of halogens is 6. The van der Waals surface area contributed by atoms with E-state index in [1.54, 1.807) is 0 Å². The van der Waals surface area contributed by atoms with Gasteiger partial charge in [-0.25, -0.2) is 4.98 Å². The molecular formula is C19H10F6N2O2. The number of hydrogen-bond acceptors (Lipinski definition) is 3. The van der Waals surface area contributed by atoms with E-state index in [4.69, 9.17) is 0 Å². The molecule has 10 heteroatoms. The van der Waals surface area contributed by atoms with Gasteiger partial charge in [-0.15, -0.1) is 0 Å². The number of nitro groups is 1. The first-order valence-electron chi connectivity index (χ1n) is 7.98. The summed E-state index contributed by atoms with van der Waals surface area (Å²) in [6.45, 7) is 0. The van der Waals surface area contributed by atoms with E-state index in [1.165, 1.54) is 12.1 Å². The van der Waals surface area contributed by atoms with Crippen LogP contribution in [0.4, 0.5) is 32.0 Å². The van der Waals surface area contributed by atoms with Gasteiger partial charge in [0, 0.05) is 23.4 Å². The van der Waals surface area contributed by atoms with Gasteiger partial charge in [0.25, 0.3) is 5.69 Å². The molecule has 4 nitrogen and oxygen atoms in total. The van der Waals surface area contributed by atoms with E-state index in [9.17, 15) is 36.5 Å². The zero-order chi connectivity index (χ0) is 21.4. The van der Waals surface area contributed by atoms with E-state index in [0.29, 0.717) is 0 Å². The van der Waals surface area contributed by atoms with Gasteiger partial charge in [0.15, 0.2) is 0 Å². The largest absolute Gasteiger partial charge is 0.417 e. The number of aromatic nitrogens is 1. The Bertz CT molecular complexity index is 1080. The van der Waals surface area contributed by atoms with Gasteiger partial charge in [0.2, 0.25) is 0 Å². The van der Waals surface area contributed by atoms with Crippen LogP contribution in [0.1, 0.15) is 11.1 Å². The van der Waals surface area contributed by atoms with Crippen molar-refractivity contribution >= 4 is 5.69 Å². The Morgan fingerprint density at radius 2 is 1.28 bits per heavy atom. The Morgan fingerprint density at radius 3 is 1.79 bits per heavy atom. The van der Waals surface area contributed by atoms with Crippen LogP contribution in [0.25, 0.3) is 22.4 Å². The van der Waals surface area contributed by atoms with Gasteiger partial charge in [-0.05, 0) is 17.7 Å². The fourth-order valence-corrected chi connectivity index (χ4v) is 2.87. The molecule has 150 valence electrons. The van der Waals surface area contributed by atoms with Gasteiger partial charge >= 0.3 is 12.4 Å². The molecule has 2 aromatic carbocycles. The van der Waals surface area contributed by atoms with Crippen LogP contribution in [0.5, 0.6) is 0 Å². The summed E-state index contributed by atoms with van der Waals surface area (Å²) in [6.07, 6.45) is -8.64. The molecule has 1 heterocycles. The second-order valence-electron chi connectivity index (χ2n) is 5.94. The first-order chi connectivity index (χ1) is 13.5. The molecule has 0 aliphatic carbocycles. The average molecular weight is 412 g/mol. The van der Waals surface area contributed by atoms with Crippen LogP contribution in [0.15, 0.2) is 60.8 Å². The van der Waals surface area contributed by atoms with Crippen molar-refractivity contribution in [2.75, 3.05) is 0 Å². The van der Waals surface area contributed by atoms with Crippen molar-refractivity contribution in [2.24, 2.45) is 0 Å². The molecule has 1 aromatic heterocycles. The minimum atomic E-state index is -4.80. The lowest BCUT2D eigenvalue weighted by Gasteiger charge is -2.14. The van der Waals surface area contributed by atoms with Gasteiger partial charge in [0.05, 0.1) is 16.1 Å². The summed E-state index contributed by atoms with van der Waals surface area (Å²) in [5, 5.41) is 11.5. The van der Waals surface area contributed by atoms with Gasteiger partial charge in [-0.2, -0.15) is 26.3 Å². The smallest absolute Gasteiger partial charge is 0.258 e. The van der Waals surface area contributed by atoms with Crippen molar-refractivity contribution in [1.82, 2.24) is 4.98 Å². The number of rotatable bonds is 3. The molecule has 0 atom stereocenters. The van der Waals surface area contributed by atoms with E-state index in [0.717, 1.165) is 48.7 Å². The average Bonchev–Trinajstić information content (AvgIpc) is 2.66. The lowest BCUT2D eigenvalue weighted by atomic mass is 9.97. The van der Waals surface area contributed by atoms with Crippen molar-refractivity contribution in [3.8, 4) is 22.4 Å². The van der Waals surface area contributed by atoms with Crippen LogP contribution < -0.4 is 0 Å². The van der Waals surface area contributed by atoms with Crippen LogP contribution in [0, 0.1) is 10.1 Å². The van der Waals surface area contributed by atoms with Crippen LogP contribution >= 0.6 is 0 Å². The Balaban J connectivity index is 2.24. The van der Waals surface area contributed by atoms with Crippen LogP contribution in [-0.2, 0) is 12.4 Å². The molecular weight excluding hydrogens is 402 g/mol. The summed E-state index contributed by atoms with van der Waals surface area (Å²) in [6, 6.07) is 9.29. The highest BCUT2D eigenvalue weighted by Crippen LogP contribution is 2.42. The number of pyridine rings is 1. The summed E-state index contributed by atoms with van der Waals surface area (Å²) < 4.78 is 79.5. The van der Waals surface area contributed by atoms with E-state index in [1.807, 2.05) is 0 Å². The molecule has 0 fully saturated rings. The topological polar surface area (TPSA) is 56.0 Å². The molecule has 0 amide bonds. The molecule has 0 spiro atoms. The maximum atomic E-state index is 13.3. The van der Waals surface area contributed by atoms with E-state index in [2.05, 4.69) is 4.98 Å². The van der Waals surface area contributed by atoms with Crippen LogP contribution in [-0.4, -0.2) is 9.91 Å². The molecule has 0 unspecified atom stereocenters. The highest BCUT2D eigenvalue weighted by molar-refractivity contribution is 5.78. The lowest BCUT2D eigenvalue weighted by molar-refractivity contribution is -0.384. The second kappa shape index (κ2) is 7.19. The molecule has 0 saturated carbocycles. The van der Waals surface area contributed by atoms with Crippen molar-refractivity contribution in [3.63, 3.8) is 0 Å². The maximum absolute atomic E-state index is 13.3. The van der Waals surface area contributed by atoms with Crippen LogP contribution in [0.3, 0.4) is 0 Å². The van der Waals surface area contributed by atoms with Gasteiger partial charge in [-0.3, -0.25) is 10.1 Å². The third-order valence-corrected chi connectivity index (χ3v) is 4.10. The summed E-state index contributed by atoms with van der Waals surface area (Å²) in [5.74, 6) is 0. The third kappa shape index (κ3) is 4.05. The molecule has 0 aliphatic rings. The Kier molecular flexibility index (Phi) is 5.04. The predicted molar refractivity (Wildman–Crippen MR) is 91.8 cm³/mol. The van der Waals surface area contributed by atoms with E-state index < -0.39 is 45.3 Å². The monoisotopic (exact) mass is 412 g/mol. The number of alkyl halides is 6. The van der Waals surface area contributed by atoms with Crippen LogP contribution in [0.2, 0.25) is 0 Å². The number of benzene rings is 2. The Morgan fingerprint density at radius 1 is 0.793 bits per heavy atom. The van der Waals surface area contributed by atoms with Crippen molar-refractivity contribution in [2.45, 2.75) is 12.4 Å². The predicted octanol–water partition coefficient (Wildman–Crippen LogP) is 6.36.